The summed E-state index contributed by atoms with van der Waals surface area (Å²) in [5.74, 6) is -1.90. The maximum atomic E-state index is 11.5. The summed E-state index contributed by atoms with van der Waals surface area (Å²) in [5, 5.41) is 5.71. The van der Waals surface area contributed by atoms with Crippen molar-refractivity contribution in [2.24, 2.45) is 10.2 Å². The molecule has 0 spiro atoms. The fourth-order valence-electron chi connectivity index (χ4n) is 1.55. The van der Waals surface area contributed by atoms with Gasteiger partial charge in [-0.3, -0.25) is 0 Å². The minimum Gasteiger partial charge on any atom is -0.370 e. The van der Waals surface area contributed by atoms with Gasteiger partial charge in [0, 0.05) is 0 Å². The molecule has 0 aliphatic heterocycles. The first-order valence-corrected chi connectivity index (χ1v) is 6.60. The maximum absolute atomic E-state index is 11.5. The Morgan fingerprint density at radius 1 is 0.583 bits per heavy atom. The number of amides is 2. The molecular formula is C16H10N2O6. The van der Waals surface area contributed by atoms with Crippen molar-refractivity contribution in [1.29, 1.82) is 0 Å². The monoisotopic (exact) mass is 326 g/mol. The Balaban J connectivity index is 1.86. The van der Waals surface area contributed by atoms with E-state index < -0.39 is 24.1 Å². The molecule has 0 aliphatic carbocycles. The van der Waals surface area contributed by atoms with E-state index >= 15 is 0 Å². The zero-order valence-corrected chi connectivity index (χ0v) is 12.1. The molecule has 0 aliphatic rings. The zero-order valence-electron chi connectivity index (χ0n) is 12.1. The number of nitrogens with zero attached hydrogens (tertiary/aromatic N) is 2. The summed E-state index contributed by atoms with van der Waals surface area (Å²) in [6.07, 6.45) is -2.82. The predicted octanol–water partition coefficient (Wildman–Crippen LogP) is 3.39. The molecule has 2 aromatic carbocycles. The summed E-state index contributed by atoms with van der Waals surface area (Å²) in [6.45, 7) is 0. The van der Waals surface area contributed by atoms with Gasteiger partial charge in [-0.05, 0) is 24.3 Å². The lowest BCUT2D eigenvalue weighted by molar-refractivity contribution is 0.0608. The van der Waals surface area contributed by atoms with E-state index in [1.807, 2.05) is 0 Å². The number of hydrogen-bond acceptors (Lipinski definition) is 6. The van der Waals surface area contributed by atoms with E-state index in [-0.39, 0.29) is 11.1 Å². The van der Waals surface area contributed by atoms with Crippen molar-refractivity contribution >= 4 is 24.1 Å². The van der Waals surface area contributed by atoms with Crippen molar-refractivity contribution in [2.75, 3.05) is 0 Å². The van der Waals surface area contributed by atoms with Crippen molar-refractivity contribution in [2.45, 2.75) is 0 Å². The second-order valence-electron chi connectivity index (χ2n) is 4.24. The summed E-state index contributed by atoms with van der Waals surface area (Å²) >= 11 is 0. The van der Waals surface area contributed by atoms with Gasteiger partial charge in [0.2, 0.25) is 0 Å². The van der Waals surface area contributed by atoms with Crippen LogP contribution in [0.4, 0.5) is 9.59 Å². The number of azo groups is 1. The molecular weight excluding hydrogens is 316 g/mol. The van der Waals surface area contributed by atoms with Gasteiger partial charge in [0.1, 0.15) is 0 Å². The largest absolute Gasteiger partial charge is 0.460 e. The van der Waals surface area contributed by atoms with E-state index in [9.17, 15) is 19.2 Å². The van der Waals surface area contributed by atoms with Crippen molar-refractivity contribution in [3.05, 3.63) is 71.8 Å². The first kappa shape index (κ1) is 16.7. The maximum Gasteiger partial charge on any atom is 0.460 e. The third-order valence-corrected chi connectivity index (χ3v) is 2.59. The molecule has 2 rings (SSSR count). The molecule has 0 radical (unpaired) electrons. The van der Waals surface area contributed by atoms with Gasteiger partial charge in [0.15, 0.2) is 0 Å². The lowest BCUT2D eigenvalue weighted by Crippen LogP contribution is -2.11. The van der Waals surface area contributed by atoms with Gasteiger partial charge < -0.3 is 9.47 Å². The first-order chi connectivity index (χ1) is 11.6. The van der Waals surface area contributed by atoms with Crippen LogP contribution in [0.15, 0.2) is 70.9 Å². The Bertz CT molecular complexity index is 719. The Morgan fingerprint density at radius 2 is 0.917 bits per heavy atom. The minimum atomic E-state index is -1.41. The Kier molecular flexibility index (Phi) is 5.62. The highest BCUT2D eigenvalue weighted by Crippen LogP contribution is 2.04. The average molecular weight is 326 g/mol. The molecule has 2 amide bonds. The van der Waals surface area contributed by atoms with Crippen LogP contribution >= 0.6 is 0 Å². The highest BCUT2D eigenvalue weighted by atomic mass is 16.6. The van der Waals surface area contributed by atoms with Gasteiger partial charge in [-0.1, -0.05) is 46.6 Å². The lowest BCUT2D eigenvalue weighted by atomic mass is 10.2. The Labute approximate surface area is 135 Å². The fraction of sp³-hybridized carbons (Fsp3) is 0. The number of carbonyl (C=O) groups is 4. The average Bonchev–Trinajstić information content (AvgIpc) is 2.61. The molecule has 0 heterocycles. The molecule has 0 atom stereocenters. The van der Waals surface area contributed by atoms with Crippen molar-refractivity contribution in [1.82, 2.24) is 0 Å². The molecule has 0 saturated heterocycles. The molecule has 0 unspecified atom stereocenters. The van der Waals surface area contributed by atoms with Crippen LogP contribution in [0.3, 0.4) is 0 Å². The van der Waals surface area contributed by atoms with Gasteiger partial charge in [-0.25, -0.2) is 19.2 Å². The number of carbonyl (C=O) groups excluding carboxylic acids is 4. The molecule has 8 nitrogen and oxygen atoms in total. The van der Waals surface area contributed by atoms with Crippen molar-refractivity contribution in [3.8, 4) is 0 Å². The van der Waals surface area contributed by atoms with E-state index in [4.69, 9.17) is 0 Å². The standard InChI is InChI=1S/C16H10N2O6/c19-13(11-7-3-1-4-8-11)23-15(21)17-18-16(22)24-14(20)12-9-5-2-6-10-12/h1-10H. The normalized spacial score (nSPS) is 10.2. The van der Waals surface area contributed by atoms with Crippen LogP contribution in [0.25, 0.3) is 0 Å². The van der Waals surface area contributed by atoms with Gasteiger partial charge >= 0.3 is 24.1 Å². The molecule has 0 fully saturated rings. The van der Waals surface area contributed by atoms with Crippen LogP contribution in [0.1, 0.15) is 20.7 Å². The third kappa shape index (κ3) is 4.95. The number of ether oxygens (including phenoxy) is 2. The lowest BCUT2D eigenvalue weighted by Gasteiger charge is -1.99. The Hall–Kier alpha value is -3.68. The van der Waals surface area contributed by atoms with Gasteiger partial charge in [0.05, 0.1) is 11.1 Å². The van der Waals surface area contributed by atoms with Crippen molar-refractivity contribution < 1.29 is 28.7 Å². The van der Waals surface area contributed by atoms with E-state index in [1.54, 1.807) is 36.4 Å². The summed E-state index contributed by atoms with van der Waals surface area (Å²) < 4.78 is 8.69. The van der Waals surface area contributed by atoms with Crippen LogP contribution in [0.2, 0.25) is 0 Å². The minimum absolute atomic E-state index is 0.128. The molecule has 0 saturated carbocycles. The quantitative estimate of drug-likeness (QED) is 0.475. The van der Waals surface area contributed by atoms with Crippen LogP contribution in [-0.4, -0.2) is 24.1 Å². The summed E-state index contributed by atoms with van der Waals surface area (Å²) in [5.41, 5.74) is 0.255. The van der Waals surface area contributed by atoms with E-state index in [2.05, 4.69) is 19.7 Å². The fourth-order valence-corrected chi connectivity index (χ4v) is 1.55. The van der Waals surface area contributed by atoms with E-state index in [0.29, 0.717) is 0 Å². The third-order valence-electron chi connectivity index (χ3n) is 2.59. The summed E-state index contributed by atoms with van der Waals surface area (Å²) in [7, 11) is 0. The number of rotatable bonds is 2. The molecule has 0 N–H and O–H groups in total. The number of esters is 2. The second-order valence-corrected chi connectivity index (χ2v) is 4.24. The molecule has 0 bridgehead atoms. The van der Waals surface area contributed by atoms with Gasteiger partial charge in [-0.2, -0.15) is 0 Å². The highest BCUT2D eigenvalue weighted by Gasteiger charge is 2.15. The predicted molar refractivity (Wildman–Crippen MR) is 79.4 cm³/mol. The molecule has 24 heavy (non-hydrogen) atoms. The van der Waals surface area contributed by atoms with Crippen molar-refractivity contribution in [3.63, 3.8) is 0 Å². The zero-order chi connectivity index (χ0) is 17.4. The van der Waals surface area contributed by atoms with E-state index in [1.165, 1.54) is 24.3 Å². The molecule has 120 valence electrons. The van der Waals surface area contributed by atoms with Crippen LogP contribution in [0, 0.1) is 0 Å². The topological polar surface area (TPSA) is 111 Å². The van der Waals surface area contributed by atoms with Crippen LogP contribution in [0.5, 0.6) is 0 Å². The molecule has 2 aromatic rings. The SMILES string of the molecule is O=C(N=NC(=O)OC(=O)c1ccccc1)OC(=O)c1ccccc1. The first-order valence-electron chi connectivity index (χ1n) is 6.60. The summed E-state index contributed by atoms with van der Waals surface area (Å²) in [4.78, 5) is 45.7. The number of hydrogen-bond donors (Lipinski definition) is 0. The van der Waals surface area contributed by atoms with E-state index in [0.717, 1.165) is 0 Å². The Morgan fingerprint density at radius 3 is 1.25 bits per heavy atom. The van der Waals surface area contributed by atoms with Crippen LogP contribution in [-0.2, 0) is 9.47 Å². The molecule has 0 aromatic heterocycles. The molecule has 8 heteroatoms. The van der Waals surface area contributed by atoms with Crippen LogP contribution < -0.4 is 0 Å². The number of benzene rings is 2. The smallest absolute Gasteiger partial charge is 0.370 e. The van der Waals surface area contributed by atoms with Gasteiger partial charge in [0.25, 0.3) is 0 Å². The second kappa shape index (κ2) is 8.08. The highest BCUT2D eigenvalue weighted by molar-refractivity contribution is 5.98. The summed E-state index contributed by atoms with van der Waals surface area (Å²) in [6, 6.07) is 15.4. The van der Waals surface area contributed by atoms with Gasteiger partial charge in [-0.15, -0.1) is 0 Å².